The molecule has 0 aliphatic rings. The number of anilines is 2. The number of aryl methyl sites for hydroxylation is 2. The standard InChI is InChI=1S/C23H24N2O4S/c1-4-29-21-14-13-19(15-20(21)24-23(26)18-11-6-5-7-12-18)30(27,28)25-22-16(2)9-8-10-17(22)3/h5-15,25H,4H2,1-3H3,(H,24,26). The van der Waals surface area contributed by atoms with Crippen LogP contribution in [0.4, 0.5) is 11.4 Å². The molecule has 3 aromatic rings. The Morgan fingerprint density at radius 3 is 2.23 bits per heavy atom. The van der Waals surface area contributed by atoms with E-state index in [1.165, 1.54) is 12.1 Å². The van der Waals surface area contributed by atoms with Gasteiger partial charge in [-0.3, -0.25) is 9.52 Å². The van der Waals surface area contributed by atoms with E-state index < -0.39 is 10.0 Å². The van der Waals surface area contributed by atoms with E-state index in [0.29, 0.717) is 23.6 Å². The first kappa shape index (κ1) is 21.4. The third-order valence-electron chi connectivity index (χ3n) is 4.56. The Morgan fingerprint density at radius 2 is 1.60 bits per heavy atom. The summed E-state index contributed by atoms with van der Waals surface area (Å²) in [5.74, 6) is 0.0432. The molecule has 0 unspecified atom stereocenters. The smallest absolute Gasteiger partial charge is 0.261 e. The normalized spacial score (nSPS) is 11.0. The topological polar surface area (TPSA) is 84.5 Å². The summed E-state index contributed by atoms with van der Waals surface area (Å²) in [6.07, 6.45) is 0. The van der Waals surface area contributed by atoms with Gasteiger partial charge in [-0.25, -0.2) is 8.42 Å². The minimum absolute atomic E-state index is 0.0250. The summed E-state index contributed by atoms with van der Waals surface area (Å²) in [5.41, 5.74) is 2.93. The van der Waals surface area contributed by atoms with E-state index in [1.807, 2.05) is 45.0 Å². The summed E-state index contributed by atoms with van der Waals surface area (Å²) in [4.78, 5) is 12.6. The summed E-state index contributed by atoms with van der Waals surface area (Å²) < 4.78 is 34.3. The summed E-state index contributed by atoms with van der Waals surface area (Å²) in [6, 6.07) is 18.7. The lowest BCUT2D eigenvalue weighted by Gasteiger charge is -2.16. The Labute approximate surface area is 177 Å². The van der Waals surface area contributed by atoms with Gasteiger partial charge in [-0.05, 0) is 62.2 Å². The largest absolute Gasteiger partial charge is 0.492 e. The third-order valence-corrected chi connectivity index (χ3v) is 5.91. The van der Waals surface area contributed by atoms with Crippen molar-refractivity contribution >= 4 is 27.3 Å². The molecular weight excluding hydrogens is 400 g/mol. The summed E-state index contributed by atoms with van der Waals surface area (Å²) >= 11 is 0. The maximum Gasteiger partial charge on any atom is 0.261 e. The van der Waals surface area contributed by atoms with Crippen molar-refractivity contribution in [1.82, 2.24) is 0 Å². The van der Waals surface area contributed by atoms with Gasteiger partial charge in [0.05, 0.1) is 22.9 Å². The number of benzene rings is 3. The van der Waals surface area contributed by atoms with Crippen molar-refractivity contribution in [3.63, 3.8) is 0 Å². The molecule has 0 aliphatic carbocycles. The summed E-state index contributed by atoms with van der Waals surface area (Å²) in [7, 11) is -3.87. The minimum Gasteiger partial charge on any atom is -0.492 e. The van der Waals surface area contributed by atoms with E-state index in [-0.39, 0.29) is 16.5 Å². The fraction of sp³-hybridized carbons (Fsp3) is 0.174. The van der Waals surface area contributed by atoms with Crippen molar-refractivity contribution in [2.24, 2.45) is 0 Å². The first-order valence-corrected chi connectivity index (χ1v) is 11.0. The maximum atomic E-state index is 13.0. The van der Waals surface area contributed by atoms with E-state index in [1.54, 1.807) is 30.3 Å². The minimum atomic E-state index is -3.87. The predicted molar refractivity (Wildman–Crippen MR) is 119 cm³/mol. The van der Waals surface area contributed by atoms with Crippen LogP contribution in [0, 0.1) is 13.8 Å². The highest BCUT2D eigenvalue weighted by Crippen LogP contribution is 2.30. The van der Waals surface area contributed by atoms with Crippen LogP contribution < -0.4 is 14.8 Å². The van der Waals surface area contributed by atoms with E-state index in [0.717, 1.165) is 11.1 Å². The van der Waals surface area contributed by atoms with Gasteiger partial charge in [0.2, 0.25) is 0 Å². The van der Waals surface area contributed by atoms with Crippen molar-refractivity contribution in [3.05, 3.63) is 83.4 Å². The van der Waals surface area contributed by atoms with Gasteiger partial charge >= 0.3 is 0 Å². The van der Waals surface area contributed by atoms with Crippen LogP contribution in [0.3, 0.4) is 0 Å². The van der Waals surface area contributed by atoms with Gasteiger partial charge in [0.15, 0.2) is 0 Å². The highest BCUT2D eigenvalue weighted by Gasteiger charge is 2.20. The Morgan fingerprint density at radius 1 is 0.933 bits per heavy atom. The molecule has 0 heterocycles. The van der Waals surface area contributed by atoms with Gasteiger partial charge in [-0.2, -0.15) is 0 Å². The highest BCUT2D eigenvalue weighted by molar-refractivity contribution is 7.92. The van der Waals surface area contributed by atoms with Gasteiger partial charge in [0, 0.05) is 5.56 Å². The number of hydrogen-bond acceptors (Lipinski definition) is 4. The molecule has 30 heavy (non-hydrogen) atoms. The molecule has 2 N–H and O–H groups in total. The molecule has 0 saturated carbocycles. The molecule has 156 valence electrons. The van der Waals surface area contributed by atoms with Gasteiger partial charge in [0.1, 0.15) is 5.75 Å². The van der Waals surface area contributed by atoms with Crippen molar-refractivity contribution in [2.45, 2.75) is 25.7 Å². The number of para-hydroxylation sites is 1. The molecule has 3 rings (SSSR count). The Balaban J connectivity index is 1.95. The third kappa shape index (κ3) is 4.80. The lowest BCUT2D eigenvalue weighted by Crippen LogP contribution is -2.17. The van der Waals surface area contributed by atoms with Crippen LogP contribution in [0.15, 0.2) is 71.6 Å². The molecule has 0 saturated heterocycles. The molecule has 0 bridgehead atoms. The first-order valence-electron chi connectivity index (χ1n) is 9.54. The molecule has 0 aliphatic heterocycles. The molecule has 0 fully saturated rings. The fourth-order valence-corrected chi connectivity index (χ4v) is 4.24. The number of carbonyl (C=O) groups is 1. The number of sulfonamides is 1. The van der Waals surface area contributed by atoms with Crippen molar-refractivity contribution in [1.29, 1.82) is 0 Å². The van der Waals surface area contributed by atoms with Crippen molar-refractivity contribution in [2.75, 3.05) is 16.6 Å². The molecule has 0 spiro atoms. The molecule has 0 aromatic heterocycles. The van der Waals surface area contributed by atoms with Gasteiger partial charge < -0.3 is 10.1 Å². The predicted octanol–water partition coefficient (Wildman–Crippen LogP) is 4.76. The van der Waals surface area contributed by atoms with Gasteiger partial charge in [0.25, 0.3) is 15.9 Å². The monoisotopic (exact) mass is 424 g/mol. The number of rotatable bonds is 7. The summed E-state index contributed by atoms with van der Waals surface area (Å²) in [5, 5.41) is 2.75. The number of amides is 1. The molecule has 7 heteroatoms. The number of hydrogen-bond donors (Lipinski definition) is 2. The number of nitrogens with one attached hydrogen (secondary N) is 2. The zero-order valence-electron chi connectivity index (χ0n) is 17.1. The second kappa shape index (κ2) is 9.00. The Bertz CT molecular complexity index is 1140. The second-order valence-electron chi connectivity index (χ2n) is 6.78. The zero-order chi connectivity index (χ0) is 21.7. The van der Waals surface area contributed by atoms with Crippen LogP contribution >= 0.6 is 0 Å². The van der Waals surface area contributed by atoms with Gasteiger partial charge in [-0.15, -0.1) is 0 Å². The molecule has 3 aromatic carbocycles. The lowest BCUT2D eigenvalue weighted by atomic mass is 10.1. The average Bonchev–Trinajstić information content (AvgIpc) is 2.73. The second-order valence-corrected chi connectivity index (χ2v) is 8.47. The van der Waals surface area contributed by atoms with Crippen LogP contribution in [-0.2, 0) is 10.0 Å². The quantitative estimate of drug-likeness (QED) is 0.573. The van der Waals surface area contributed by atoms with Crippen LogP contribution in [-0.4, -0.2) is 20.9 Å². The zero-order valence-corrected chi connectivity index (χ0v) is 17.9. The molecule has 1 amide bonds. The van der Waals surface area contributed by atoms with E-state index >= 15 is 0 Å². The molecule has 0 radical (unpaired) electrons. The number of ether oxygens (including phenoxy) is 1. The Kier molecular flexibility index (Phi) is 6.42. The van der Waals surface area contributed by atoms with Crippen LogP contribution in [0.25, 0.3) is 0 Å². The van der Waals surface area contributed by atoms with Crippen molar-refractivity contribution < 1.29 is 17.9 Å². The van der Waals surface area contributed by atoms with Crippen molar-refractivity contribution in [3.8, 4) is 5.75 Å². The van der Waals surface area contributed by atoms with Gasteiger partial charge in [-0.1, -0.05) is 36.4 Å². The Hall–Kier alpha value is -3.32. The lowest BCUT2D eigenvalue weighted by molar-refractivity contribution is 0.102. The van der Waals surface area contributed by atoms with E-state index in [9.17, 15) is 13.2 Å². The molecule has 6 nitrogen and oxygen atoms in total. The van der Waals surface area contributed by atoms with Crippen LogP contribution in [0.5, 0.6) is 5.75 Å². The highest BCUT2D eigenvalue weighted by atomic mass is 32.2. The van der Waals surface area contributed by atoms with E-state index in [4.69, 9.17) is 4.74 Å². The fourth-order valence-electron chi connectivity index (χ4n) is 3.01. The first-order chi connectivity index (χ1) is 14.3. The van der Waals surface area contributed by atoms with E-state index in [2.05, 4.69) is 10.0 Å². The van der Waals surface area contributed by atoms with Crippen LogP contribution in [0.2, 0.25) is 0 Å². The molecule has 0 atom stereocenters. The SMILES string of the molecule is CCOc1ccc(S(=O)(=O)Nc2c(C)cccc2C)cc1NC(=O)c1ccccc1. The van der Waals surface area contributed by atoms with Crippen LogP contribution in [0.1, 0.15) is 28.4 Å². The number of carbonyl (C=O) groups excluding carboxylic acids is 1. The average molecular weight is 425 g/mol. The summed E-state index contributed by atoms with van der Waals surface area (Å²) in [6.45, 7) is 5.88. The molecular formula is C23H24N2O4S. The maximum absolute atomic E-state index is 13.0.